The van der Waals surface area contributed by atoms with Gasteiger partial charge in [0.2, 0.25) is 0 Å². The molecule has 2 aromatic carbocycles. The highest BCUT2D eigenvalue weighted by Gasteiger charge is 2.30. The van der Waals surface area contributed by atoms with E-state index in [9.17, 15) is 13.2 Å². The molecule has 0 aliphatic carbocycles. The summed E-state index contributed by atoms with van der Waals surface area (Å²) in [6.07, 6.45) is -4.39. The van der Waals surface area contributed by atoms with Crippen molar-refractivity contribution in [3.05, 3.63) is 69.7 Å². The molecule has 0 spiro atoms. The van der Waals surface area contributed by atoms with Crippen LogP contribution in [0.4, 0.5) is 13.2 Å². The second-order valence-electron chi connectivity index (χ2n) is 4.52. The van der Waals surface area contributed by atoms with Crippen LogP contribution in [0.2, 0.25) is 0 Å². The molecule has 0 aromatic heterocycles. The first-order chi connectivity index (χ1) is 10.8. The molecule has 0 bridgehead atoms. The van der Waals surface area contributed by atoms with E-state index >= 15 is 0 Å². The minimum Gasteiger partial charge on any atom is -0.375 e. The van der Waals surface area contributed by atoms with Crippen LogP contribution >= 0.6 is 28.1 Å². The summed E-state index contributed by atoms with van der Waals surface area (Å²) < 4.78 is 38.8. The lowest BCUT2D eigenvalue weighted by molar-refractivity contribution is -0.137. The summed E-state index contributed by atoms with van der Waals surface area (Å²) in [6.45, 7) is 0. The second kappa shape index (κ2) is 7.10. The number of benzene rings is 2. The van der Waals surface area contributed by atoms with Crippen LogP contribution in [-0.2, 0) is 6.18 Å². The van der Waals surface area contributed by atoms with Gasteiger partial charge in [-0.2, -0.15) is 18.3 Å². The average molecular weight is 402 g/mol. The Morgan fingerprint density at radius 3 is 2.26 bits per heavy atom. The molecule has 120 valence electrons. The Labute approximate surface area is 144 Å². The number of nitrogens with zero attached hydrogens (tertiary/aromatic N) is 1. The predicted molar refractivity (Wildman–Crippen MR) is 91.1 cm³/mol. The molecule has 0 unspecified atom stereocenters. The van der Waals surface area contributed by atoms with Crippen LogP contribution in [0.25, 0.3) is 0 Å². The molecule has 0 aliphatic rings. The molecule has 0 saturated heterocycles. The maximum Gasteiger partial charge on any atom is 0.416 e. The van der Waals surface area contributed by atoms with Crippen LogP contribution in [0.3, 0.4) is 0 Å². The zero-order valence-electron chi connectivity index (χ0n) is 11.6. The first-order valence-electron chi connectivity index (χ1n) is 6.34. The predicted octanol–water partition coefficient (Wildman–Crippen LogP) is 4.05. The molecule has 0 heterocycles. The molecule has 0 atom stereocenters. The number of nitrogens with two attached hydrogens (primary N) is 1. The van der Waals surface area contributed by atoms with E-state index in [1.54, 1.807) is 18.2 Å². The van der Waals surface area contributed by atoms with Crippen molar-refractivity contribution in [1.82, 2.24) is 5.43 Å². The lowest BCUT2D eigenvalue weighted by Crippen LogP contribution is -2.26. The van der Waals surface area contributed by atoms with Crippen molar-refractivity contribution in [2.45, 2.75) is 6.18 Å². The summed E-state index contributed by atoms with van der Waals surface area (Å²) in [4.78, 5) is 0. The number of hydrogen-bond acceptors (Lipinski definition) is 2. The van der Waals surface area contributed by atoms with Gasteiger partial charge in [-0.05, 0) is 36.5 Å². The van der Waals surface area contributed by atoms with Crippen molar-refractivity contribution in [2.75, 3.05) is 0 Å². The van der Waals surface area contributed by atoms with E-state index in [4.69, 9.17) is 18.0 Å². The monoisotopic (exact) mass is 401 g/mol. The average Bonchev–Trinajstić information content (AvgIpc) is 2.47. The number of hydrazone groups is 1. The fraction of sp³-hybridized carbons (Fsp3) is 0.0667. The summed E-state index contributed by atoms with van der Waals surface area (Å²) in [5, 5.41) is 4.06. The minimum atomic E-state index is -4.39. The molecule has 0 fully saturated rings. The number of alkyl halides is 3. The fourth-order valence-corrected chi connectivity index (χ4v) is 2.30. The van der Waals surface area contributed by atoms with Gasteiger partial charge >= 0.3 is 6.18 Å². The second-order valence-corrected chi connectivity index (χ2v) is 5.88. The number of hydrogen-bond donors (Lipinski definition) is 2. The zero-order chi connectivity index (χ0) is 17.0. The van der Waals surface area contributed by atoms with E-state index in [2.05, 4.69) is 26.5 Å². The van der Waals surface area contributed by atoms with Gasteiger partial charge in [0.25, 0.3) is 0 Å². The smallest absolute Gasteiger partial charge is 0.375 e. The van der Waals surface area contributed by atoms with E-state index in [0.717, 1.165) is 16.6 Å². The lowest BCUT2D eigenvalue weighted by Gasteiger charge is -2.11. The number of halogens is 4. The molecule has 3 nitrogen and oxygen atoms in total. The Bertz CT molecular complexity index is 742. The summed E-state index contributed by atoms with van der Waals surface area (Å²) in [7, 11) is 0. The highest BCUT2D eigenvalue weighted by atomic mass is 79.9. The van der Waals surface area contributed by atoms with E-state index in [1.165, 1.54) is 12.1 Å². The largest absolute Gasteiger partial charge is 0.416 e. The van der Waals surface area contributed by atoms with Crippen molar-refractivity contribution < 1.29 is 13.2 Å². The Balaban J connectivity index is 2.46. The third-order valence-electron chi connectivity index (χ3n) is 2.86. The van der Waals surface area contributed by atoms with Crippen molar-refractivity contribution in [3.8, 4) is 0 Å². The van der Waals surface area contributed by atoms with E-state index in [1.807, 2.05) is 6.07 Å². The van der Waals surface area contributed by atoms with Gasteiger partial charge in [0.15, 0.2) is 5.11 Å². The van der Waals surface area contributed by atoms with E-state index in [0.29, 0.717) is 16.8 Å². The molecular weight excluding hydrogens is 391 g/mol. The van der Waals surface area contributed by atoms with Gasteiger partial charge in [0, 0.05) is 15.6 Å². The van der Waals surface area contributed by atoms with Crippen molar-refractivity contribution in [2.24, 2.45) is 10.8 Å². The van der Waals surface area contributed by atoms with Gasteiger partial charge in [0.1, 0.15) is 0 Å². The van der Waals surface area contributed by atoms with Crippen LogP contribution in [0.1, 0.15) is 16.7 Å². The van der Waals surface area contributed by atoms with Crippen LogP contribution < -0.4 is 11.2 Å². The minimum absolute atomic E-state index is 0.0376. The van der Waals surface area contributed by atoms with Gasteiger partial charge in [-0.25, -0.2) is 0 Å². The fourth-order valence-electron chi connectivity index (χ4n) is 1.86. The van der Waals surface area contributed by atoms with Crippen LogP contribution in [0, 0.1) is 0 Å². The van der Waals surface area contributed by atoms with Gasteiger partial charge in [-0.1, -0.05) is 40.2 Å². The molecule has 8 heteroatoms. The Kier molecular flexibility index (Phi) is 5.38. The Morgan fingerprint density at radius 2 is 1.74 bits per heavy atom. The summed E-state index contributed by atoms with van der Waals surface area (Å²) in [5.41, 5.74) is 8.73. The third kappa shape index (κ3) is 4.77. The van der Waals surface area contributed by atoms with Crippen molar-refractivity contribution >= 4 is 39.0 Å². The quantitative estimate of drug-likeness (QED) is 0.463. The molecule has 0 aliphatic heterocycles. The molecule has 2 rings (SSSR count). The highest BCUT2D eigenvalue weighted by molar-refractivity contribution is 9.10. The first-order valence-corrected chi connectivity index (χ1v) is 7.54. The van der Waals surface area contributed by atoms with E-state index < -0.39 is 11.7 Å². The molecule has 0 saturated carbocycles. The van der Waals surface area contributed by atoms with Crippen LogP contribution in [-0.4, -0.2) is 10.8 Å². The summed E-state index contributed by atoms with van der Waals surface area (Å²) in [5.74, 6) is 0. The van der Waals surface area contributed by atoms with Gasteiger partial charge < -0.3 is 5.73 Å². The molecule has 3 N–H and O–H groups in total. The van der Waals surface area contributed by atoms with Gasteiger partial charge in [0.05, 0.1) is 11.3 Å². The van der Waals surface area contributed by atoms with Gasteiger partial charge in [-0.3, -0.25) is 5.43 Å². The molecule has 0 amide bonds. The highest BCUT2D eigenvalue weighted by Crippen LogP contribution is 2.29. The number of thiocarbonyl (C=S) groups is 1. The Hall–Kier alpha value is -1.93. The van der Waals surface area contributed by atoms with E-state index in [-0.39, 0.29) is 5.11 Å². The molecule has 23 heavy (non-hydrogen) atoms. The van der Waals surface area contributed by atoms with Crippen molar-refractivity contribution in [1.29, 1.82) is 0 Å². The lowest BCUT2D eigenvalue weighted by atomic mass is 10.0. The van der Waals surface area contributed by atoms with Gasteiger partial charge in [-0.15, -0.1) is 0 Å². The topological polar surface area (TPSA) is 50.4 Å². The van der Waals surface area contributed by atoms with Crippen molar-refractivity contribution in [3.63, 3.8) is 0 Å². The maximum atomic E-state index is 12.7. The summed E-state index contributed by atoms with van der Waals surface area (Å²) in [6, 6.07) is 11.9. The summed E-state index contributed by atoms with van der Waals surface area (Å²) >= 11 is 8.06. The molecule has 2 aromatic rings. The third-order valence-corrected chi connectivity index (χ3v) is 3.45. The SMILES string of the molecule is NC(=S)N/N=C(\c1ccc(C(F)(F)F)cc1)c1cccc(Br)c1. The van der Waals surface area contributed by atoms with Crippen LogP contribution in [0.15, 0.2) is 58.1 Å². The maximum absolute atomic E-state index is 12.7. The molecule has 0 radical (unpaired) electrons. The zero-order valence-corrected chi connectivity index (χ0v) is 14.0. The normalized spacial score (nSPS) is 12.1. The Morgan fingerprint density at radius 1 is 1.09 bits per heavy atom. The first kappa shape index (κ1) is 17.4. The number of nitrogens with one attached hydrogen (secondary N) is 1. The standard InChI is InChI=1S/C15H11BrF3N3S/c16-12-3-1-2-10(8-12)13(21-22-14(20)23)9-4-6-11(7-5-9)15(17,18)19/h1-8H,(H3,20,22,23)/b21-13+. The molecular formula is C15H11BrF3N3S. The number of rotatable bonds is 3. The van der Waals surface area contributed by atoms with Crippen LogP contribution in [0.5, 0.6) is 0 Å².